The molecule has 0 saturated carbocycles. The quantitative estimate of drug-likeness (QED) is 0.753. The SMILES string of the molecule is CNS(=O)(=O)c1ccc(N)c(Nc2cc(F)cc(Cl)c2)c1. The van der Waals surface area contributed by atoms with Crippen molar-refractivity contribution in [1.29, 1.82) is 0 Å². The Kier molecular flexibility index (Phi) is 4.36. The minimum atomic E-state index is -3.59. The van der Waals surface area contributed by atoms with Crippen molar-refractivity contribution in [3.8, 4) is 0 Å². The van der Waals surface area contributed by atoms with E-state index in [1.54, 1.807) is 0 Å². The zero-order chi connectivity index (χ0) is 15.6. The summed E-state index contributed by atoms with van der Waals surface area (Å²) in [6, 6.07) is 8.09. The van der Waals surface area contributed by atoms with Crippen LogP contribution in [0.2, 0.25) is 5.02 Å². The smallest absolute Gasteiger partial charge is 0.240 e. The van der Waals surface area contributed by atoms with Crippen molar-refractivity contribution in [2.24, 2.45) is 0 Å². The van der Waals surface area contributed by atoms with Crippen LogP contribution in [-0.4, -0.2) is 15.5 Å². The molecule has 4 N–H and O–H groups in total. The van der Waals surface area contributed by atoms with E-state index >= 15 is 0 Å². The van der Waals surface area contributed by atoms with E-state index in [1.165, 1.54) is 37.4 Å². The summed E-state index contributed by atoms with van der Waals surface area (Å²) in [6.45, 7) is 0. The van der Waals surface area contributed by atoms with Gasteiger partial charge >= 0.3 is 0 Å². The molecule has 0 saturated heterocycles. The van der Waals surface area contributed by atoms with Crippen LogP contribution in [0.15, 0.2) is 41.3 Å². The fraction of sp³-hybridized carbons (Fsp3) is 0.0769. The number of anilines is 3. The highest BCUT2D eigenvalue weighted by Gasteiger charge is 2.13. The van der Waals surface area contributed by atoms with Gasteiger partial charge < -0.3 is 11.1 Å². The normalized spacial score (nSPS) is 11.4. The Labute approximate surface area is 127 Å². The first-order valence-electron chi connectivity index (χ1n) is 5.88. The third-order valence-electron chi connectivity index (χ3n) is 2.75. The zero-order valence-electron chi connectivity index (χ0n) is 11.0. The number of hydrogen-bond acceptors (Lipinski definition) is 4. The minimum Gasteiger partial charge on any atom is -0.397 e. The average molecular weight is 330 g/mol. The van der Waals surface area contributed by atoms with Crippen molar-refractivity contribution in [2.75, 3.05) is 18.1 Å². The molecule has 5 nitrogen and oxygen atoms in total. The highest BCUT2D eigenvalue weighted by atomic mass is 35.5. The van der Waals surface area contributed by atoms with Crippen LogP contribution >= 0.6 is 11.6 Å². The maximum atomic E-state index is 13.3. The molecule has 0 radical (unpaired) electrons. The average Bonchev–Trinajstić information content (AvgIpc) is 2.40. The fourth-order valence-corrected chi connectivity index (χ4v) is 2.69. The number of nitrogens with two attached hydrogens (primary N) is 1. The third kappa shape index (κ3) is 3.63. The number of sulfonamides is 1. The van der Waals surface area contributed by atoms with E-state index in [4.69, 9.17) is 17.3 Å². The van der Waals surface area contributed by atoms with Gasteiger partial charge in [0.25, 0.3) is 0 Å². The van der Waals surface area contributed by atoms with Gasteiger partial charge in [-0.15, -0.1) is 0 Å². The molecule has 0 bridgehead atoms. The maximum Gasteiger partial charge on any atom is 0.240 e. The first kappa shape index (κ1) is 15.6. The number of rotatable bonds is 4. The Hall–Kier alpha value is -1.83. The van der Waals surface area contributed by atoms with E-state index in [0.29, 0.717) is 17.1 Å². The van der Waals surface area contributed by atoms with Gasteiger partial charge in [-0.05, 0) is 43.4 Å². The molecule has 0 spiro atoms. The molecule has 2 aromatic rings. The monoisotopic (exact) mass is 329 g/mol. The van der Waals surface area contributed by atoms with Gasteiger partial charge in [-0.3, -0.25) is 0 Å². The molecule has 0 aromatic heterocycles. The Morgan fingerprint density at radius 1 is 1.19 bits per heavy atom. The van der Waals surface area contributed by atoms with E-state index in [0.717, 1.165) is 6.07 Å². The highest BCUT2D eigenvalue weighted by molar-refractivity contribution is 7.89. The molecular formula is C13H13ClFN3O2S. The van der Waals surface area contributed by atoms with Crippen molar-refractivity contribution >= 4 is 38.7 Å². The lowest BCUT2D eigenvalue weighted by Gasteiger charge is -2.12. The summed E-state index contributed by atoms with van der Waals surface area (Å²) in [5.74, 6) is -0.512. The minimum absolute atomic E-state index is 0.0456. The number of nitrogens with one attached hydrogen (secondary N) is 2. The maximum absolute atomic E-state index is 13.3. The van der Waals surface area contributed by atoms with Gasteiger partial charge in [-0.25, -0.2) is 17.5 Å². The van der Waals surface area contributed by atoms with Crippen molar-refractivity contribution in [2.45, 2.75) is 4.90 Å². The molecule has 0 aliphatic heterocycles. The highest BCUT2D eigenvalue weighted by Crippen LogP contribution is 2.28. The summed E-state index contributed by atoms with van der Waals surface area (Å²) in [7, 11) is -2.28. The van der Waals surface area contributed by atoms with Crippen molar-refractivity contribution in [3.05, 3.63) is 47.2 Å². The van der Waals surface area contributed by atoms with Crippen molar-refractivity contribution in [3.63, 3.8) is 0 Å². The van der Waals surface area contributed by atoms with Crippen LogP contribution in [0.4, 0.5) is 21.5 Å². The van der Waals surface area contributed by atoms with Gasteiger partial charge in [-0.2, -0.15) is 0 Å². The van der Waals surface area contributed by atoms with Gasteiger partial charge in [0.15, 0.2) is 0 Å². The van der Waals surface area contributed by atoms with E-state index in [-0.39, 0.29) is 9.92 Å². The second kappa shape index (κ2) is 5.88. The van der Waals surface area contributed by atoms with Gasteiger partial charge in [0.1, 0.15) is 5.82 Å². The molecule has 21 heavy (non-hydrogen) atoms. The van der Waals surface area contributed by atoms with Crippen LogP contribution in [0.3, 0.4) is 0 Å². The van der Waals surface area contributed by atoms with Crippen LogP contribution in [-0.2, 0) is 10.0 Å². The lowest BCUT2D eigenvalue weighted by atomic mass is 10.2. The van der Waals surface area contributed by atoms with Gasteiger partial charge in [0.2, 0.25) is 10.0 Å². The van der Waals surface area contributed by atoms with E-state index in [2.05, 4.69) is 10.0 Å². The standard InChI is InChI=1S/C13H13ClFN3O2S/c1-17-21(19,20)11-2-3-12(16)13(7-11)18-10-5-8(14)4-9(15)6-10/h2-7,17-18H,16H2,1H3. The molecular weight excluding hydrogens is 317 g/mol. The predicted octanol–water partition coefficient (Wildman–Crippen LogP) is 2.71. The first-order chi connectivity index (χ1) is 9.81. The molecule has 0 fully saturated rings. The van der Waals surface area contributed by atoms with E-state index < -0.39 is 15.8 Å². The molecule has 0 amide bonds. The predicted molar refractivity (Wildman–Crippen MR) is 81.8 cm³/mol. The van der Waals surface area contributed by atoms with Gasteiger partial charge in [0.05, 0.1) is 16.3 Å². The lowest BCUT2D eigenvalue weighted by Crippen LogP contribution is -2.18. The van der Waals surface area contributed by atoms with E-state index in [1.807, 2.05) is 0 Å². The summed E-state index contributed by atoms with van der Waals surface area (Å²) in [6.07, 6.45) is 0. The van der Waals surface area contributed by atoms with Crippen molar-refractivity contribution in [1.82, 2.24) is 4.72 Å². The molecule has 0 heterocycles. The van der Waals surface area contributed by atoms with Crippen LogP contribution in [0.5, 0.6) is 0 Å². The van der Waals surface area contributed by atoms with Crippen LogP contribution < -0.4 is 15.8 Å². The number of nitrogen functional groups attached to an aromatic ring is 1. The molecule has 0 atom stereocenters. The van der Waals surface area contributed by atoms with Crippen molar-refractivity contribution < 1.29 is 12.8 Å². The second-order valence-corrected chi connectivity index (χ2v) is 6.56. The number of benzene rings is 2. The number of halogens is 2. The van der Waals surface area contributed by atoms with Gasteiger partial charge in [0, 0.05) is 10.7 Å². The summed E-state index contributed by atoms with van der Waals surface area (Å²) >= 11 is 5.77. The second-order valence-electron chi connectivity index (χ2n) is 4.24. The summed E-state index contributed by atoms with van der Waals surface area (Å²) in [4.78, 5) is 0.0456. The Morgan fingerprint density at radius 3 is 2.52 bits per heavy atom. The summed E-state index contributed by atoms with van der Waals surface area (Å²) in [5, 5.41) is 3.07. The lowest BCUT2D eigenvalue weighted by molar-refractivity contribution is 0.588. The Balaban J connectivity index is 2.42. The summed E-state index contributed by atoms with van der Waals surface area (Å²) in [5.41, 5.74) is 6.83. The van der Waals surface area contributed by atoms with Crippen LogP contribution in [0, 0.1) is 5.82 Å². The molecule has 8 heteroatoms. The molecule has 2 rings (SSSR count). The topological polar surface area (TPSA) is 84.2 Å². The summed E-state index contributed by atoms with van der Waals surface area (Å²) < 4.78 is 39.0. The Bertz CT molecular complexity index is 761. The molecule has 0 unspecified atom stereocenters. The van der Waals surface area contributed by atoms with Crippen LogP contribution in [0.25, 0.3) is 0 Å². The first-order valence-corrected chi connectivity index (χ1v) is 7.74. The fourth-order valence-electron chi connectivity index (χ4n) is 1.71. The molecule has 2 aromatic carbocycles. The molecule has 112 valence electrons. The van der Waals surface area contributed by atoms with Crippen LogP contribution in [0.1, 0.15) is 0 Å². The largest absolute Gasteiger partial charge is 0.397 e. The Morgan fingerprint density at radius 2 is 1.90 bits per heavy atom. The molecule has 0 aliphatic carbocycles. The third-order valence-corrected chi connectivity index (χ3v) is 4.38. The molecule has 0 aliphatic rings. The van der Waals surface area contributed by atoms with Gasteiger partial charge in [-0.1, -0.05) is 11.6 Å². The van der Waals surface area contributed by atoms with E-state index in [9.17, 15) is 12.8 Å². The zero-order valence-corrected chi connectivity index (χ0v) is 12.6. The number of hydrogen-bond donors (Lipinski definition) is 3.